The van der Waals surface area contributed by atoms with Crippen LogP contribution in [-0.2, 0) is 6.18 Å². The molecule has 0 atom stereocenters. The Balaban J connectivity index is 2.36. The molecule has 0 spiro atoms. The molecule has 0 saturated heterocycles. The second kappa shape index (κ2) is 5.32. The van der Waals surface area contributed by atoms with E-state index in [1.165, 1.54) is 0 Å². The molecule has 6 heteroatoms. The van der Waals surface area contributed by atoms with Crippen LogP contribution in [0, 0.1) is 13.8 Å². The predicted octanol–water partition coefficient (Wildman–Crippen LogP) is 5.16. The van der Waals surface area contributed by atoms with Crippen molar-refractivity contribution in [2.75, 3.05) is 0 Å². The molecular formula is C14H11ClF3NO. The van der Waals surface area contributed by atoms with Crippen LogP contribution in [0.15, 0.2) is 30.3 Å². The standard InChI is InChI=1S/C14H11ClF3NO/c1-8-3-9(2)5-11(4-8)20-13-7-10(14(16,17)18)6-12(15)19-13/h3-7H,1-2H3. The van der Waals surface area contributed by atoms with Crippen LogP contribution < -0.4 is 4.74 Å². The van der Waals surface area contributed by atoms with Crippen LogP contribution in [0.5, 0.6) is 11.6 Å². The van der Waals surface area contributed by atoms with E-state index < -0.39 is 11.7 Å². The topological polar surface area (TPSA) is 22.1 Å². The number of hydrogen-bond donors (Lipinski definition) is 0. The summed E-state index contributed by atoms with van der Waals surface area (Å²) in [4.78, 5) is 3.75. The molecule has 1 aromatic heterocycles. The van der Waals surface area contributed by atoms with Gasteiger partial charge in [-0.3, -0.25) is 0 Å². The normalized spacial score (nSPS) is 11.5. The predicted molar refractivity (Wildman–Crippen MR) is 70.2 cm³/mol. The second-order valence-corrected chi connectivity index (χ2v) is 4.83. The molecule has 2 aromatic rings. The van der Waals surface area contributed by atoms with Gasteiger partial charge in [-0.1, -0.05) is 17.7 Å². The van der Waals surface area contributed by atoms with Crippen molar-refractivity contribution >= 4 is 11.6 Å². The van der Waals surface area contributed by atoms with E-state index in [9.17, 15) is 13.2 Å². The SMILES string of the molecule is Cc1cc(C)cc(Oc2cc(C(F)(F)F)cc(Cl)n2)c1. The molecule has 0 fully saturated rings. The van der Waals surface area contributed by atoms with Crippen LogP contribution in [0.1, 0.15) is 16.7 Å². The second-order valence-electron chi connectivity index (χ2n) is 4.44. The van der Waals surface area contributed by atoms with Crippen molar-refractivity contribution in [1.82, 2.24) is 4.98 Å². The largest absolute Gasteiger partial charge is 0.439 e. The minimum atomic E-state index is -4.49. The molecule has 1 aromatic carbocycles. The smallest absolute Gasteiger partial charge is 0.416 e. The molecule has 0 saturated carbocycles. The molecule has 0 N–H and O–H groups in total. The first kappa shape index (κ1) is 14.7. The van der Waals surface area contributed by atoms with Crippen molar-refractivity contribution < 1.29 is 17.9 Å². The molecule has 0 unspecified atom stereocenters. The zero-order valence-corrected chi connectivity index (χ0v) is 11.5. The Bertz CT molecular complexity index is 621. The number of halogens is 4. The molecule has 2 rings (SSSR count). The lowest BCUT2D eigenvalue weighted by Gasteiger charge is -2.11. The number of hydrogen-bond acceptors (Lipinski definition) is 2. The van der Waals surface area contributed by atoms with E-state index in [1.54, 1.807) is 12.1 Å². The fraction of sp³-hybridized carbons (Fsp3) is 0.214. The highest BCUT2D eigenvalue weighted by atomic mass is 35.5. The average molecular weight is 302 g/mol. The monoisotopic (exact) mass is 301 g/mol. The fourth-order valence-corrected chi connectivity index (χ4v) is 2.00. The Hall–Kier alpha value is -1.75. The van der Waals surface area contributed by atoms with Gasteiger partial charge in [0.25, 0.3) is 0 Å². The summed E-state index contributed by atoms with van der Waals surface area (Å²) in [7, 11) is 0. The van der Waals surface area contributed by atoms with Gasteiger partial charge in [-0.25, -0.2) is 4.98 Å². The first-order valence-electron chi connectivity index (χ1n) is 5.75. The number of nitrogens with zero attached hydrogens (tertiary/aromatic N) is 1. The lowest BCUT2D eigenvalue weighted by molar-refractivity contribution is -0.137. The van der Waals surface area contributed by atoms with Crippen molar-refractivity contribution in [3.8, 4) is 11.6 Å². The molecule has 0 radical (unpaired) electrons. The molecule has 2 nitrogen and oxygen atoms in total. The van der Waals surface area contributed by atoms with Crippen LogP contribution >= 0.6 is 11.6 Å². The van der Waals surface area contributed by atoms with Crippen molar-refractivity contribution in [3.63, 3.8) is 0 Å². The zero-order chi connectivity index (χ0) is 14.9. The Morgan fingerprint density at radius 2 is 1.60 bits per heavy atom. The van der Waals surface area contributed by atoms with E-state index in [2.05, 4.69) is 4.98 Å². The van der Waals surface area contributed by atoms with Crippen LogP contribution in [0.25, 0.3) is 0 Å². The number of ether oxygens (including phenoxy) is 1. The highest BCUT2D eigenvalue weighted by Gasteiger charge is 2.31. The number of aryl methyl sites for hydroxylation is 2. The summed E-state index contributed by atoms with van der Waals surface area (Å²) in [6.07, 6.45) is -4.49. The molecule has 1 heterocycles. The Kier molecular flexibility index (Phi) is 3.90. The van der Waals surface area contributed by atoms with Gasteiger partial charge in [-0.2, -0.15) is 13.2 Å². The summed E-state index contributed by atoms with van der Waals surface area (Å²) >= 11 is 5.59. The number of rotatable bonds is 2. The Morgan fingerprint density at radius 3 is 2.15 bits per heavy atom. The van der Waals surface area contributed by atoms with E-state index in [-0.39, 0.29) is 11.0 Å². The minimum Gasteiger partial charge on any atom is -0.439 e. The van der Waals surface area contributed by atoms with Gasteiger partial charge in [0.2, 0.25) is 5.88 Å². The van der Waals surface area contributed by atoms with Gasteiger partial charge >= 0.3 is 6.18 Å². The fourth-order valence-electron chi connectivity index (χ4n) is 1.80. The van der Waals surface area contributed by atoms with E-state index in [0.29, 0.717) is 5.75 Å². The lowest BCUT2D eigenvalue weighted by Crippen LogP contribution is -2.05. The minimum absolute atomic E-state index is 0.185. The first-order chi connectivity index (χ1) is 9.24. The maximum atomic E-state index is 12.7. The van der Waals surface area contributed by atoms with Gasteiger partial charge in [0.05, 0.1) is 5.56 Å². The number of aromatic nitrogens is 1. The summed E-state index contributed by atoms with van der Waals surface area (Å²) < 4.78 is 43.4. The Morgan fingerprint density at radius 1 is 1.00 bits per heavy atom. The van der Waals surface area contributed by atoms with Crippen molar-refractivity contribution in [1.29, 1.82) is 0 Å². The van der Waals surface area contributed by atoms with Crippen LogP contribution in [0.4, 0.5) is 13.2 Å². The van der Waals surface area contributed by atoms with Crippen molar-refractivity contribution in [2.45, 2.75) is 20.0 Å². The van der Waals surface area contributed by atoms with Gasteiger partial charge < -0.3 is 4.74 Å². The van der Waals surface area contributed by atoms with Gasteiger partial charge in [0, 0.05) is 6.07 Å². The lowest BCUT2D eigenvalue weighted by atomic mass is 10.1. The van der Waals surface area contributed by atoms with Crippen LogP contribution in [0.2, 0.25) is 5.15 Å². The van der Waals surface area contributed by atoms with Crippen LogP contribution in [-0.4, -0.2) is 4.98 Å². The highest BCUT2D eigenvalue weighted by Crippen LogP contribution is 2.33. The third-order valence-corrected chi connectivity index (χ3v) is 2.71. The maximum Gasteiger partial charge on any atom is 0.416 e. The molecule has 106 valence electrons. The third kappa shape index (κ3) is 3.63. The molecular weight excluding hydrogens is 291 g/mol. The summed E-state index contributed by atoms with van der Waals surface area (Å²) in [6, 6.07) is 6.94. The summed E-state index contributed by atoms with van der Waals surface area (Å²) in [5.41, 5.74) is 0.994. The molecule has 0 aliphatic heterocycles. The van der Waals surface area contributed by atoms with E-state index in [1.807, 2.05) is 19.9 Å². The van der Waals surface area contributed by atoms with Crippen molar-refractivity contribution in [2.24, 2.45) is 0 Å². The van der Waals surface area contributed by atoms with Crippen LogP contribution in [0.3, 0.4) is 0 Å². The number of benzene rings is 1. The third-order valence-electron chi connectivity index (χ3n) is 2.52. The zero-order valence-electron chi connectivity index (χ0n) is 10.8. The van der Waals surface area contributed by atoms with Gasteiger partial charge in [-0.05, 0) is 43.2 Å². The van der Waals surface area contributed by atoms with E-state index in [0.717, 1.165) is 23.3 Å². The first-order valence-corrected chi connectivity index (χ1v) is 6.13. The van der Waals surface area contributed by atoms with Gasteiger partial charge in [-0.15, -0.1) is 0 Å². The Labute approximate surface area is 119 Å². The van der Waals surface area contributed by atoms with E-state index >= 15 is 0 Å². The number of alkyl halides is 3. The summed E-state index contributed by atoms with van der Waals surface area (Å²) in [5, 5.41) is -0.265. The quantitative estimate of drug-likeness (QED) is 0.715. The maximum absolute atomic E-state index is 12.7. The summed E-state index contributed by atoms with van der Waals surface area (Å²) in [5.74, 6) is 0.236. The summed E-state index contributed by atoms with van der Waals surface area (Å²) in [6.45, 7) is 3.73. The molecule has 0 amide bonds. The molecule has 0 aliphatic carbocycles. The molecule has 20 heavy (non-hydrogen) atoms. The van der Waals surface area contributed by atoms with Gasteiger partial charge in [0.15, 0.2) is 0 Å². The highest BCUT2D eigenvalue weighted by molar-refractivity contribution is 6.29. The van der Waals surface area contributed by atoms with E-state index in [4.69, 9.17) is 16.3 Å². The molecule has 0 bridgehead atoms. The number of pyridine rings is 1. The van der Waals surface area contributed by atoms with Gasteiger partial charge in [0.1, 0.15) is 10.9 Å². The van der Waals surface area contributed by atoms with Crippen molar-refractivity contribution in [3.05, 3.63) is 52.2 Å². The average Bonchev–Trinajstić information content (AvgIpc) is 2.25. The molecule has 0 aliphatic rings.